The molecular formula is C20H16O. The van der Waals surface area contributed by atoms with Crippen LogP contribution in [0.4, 0.5) is 0 Å². The number of fused-ring (bicyclic) bond motifs is 5. The smallest absolute Gasteiger partial charge is 0.126 e. The van der Waals surface area contributed by atoms with Crippen LogP contribution in [0.25, 0.3) is 32.3 Å². The number of methoxy groups -OCH3 is 1. The highest BCUT2D eigenvalue weighted by atomic mass is 16.5. The van der Waals surface area contributed by atoms with Gasteiger partial charge in [0.2, 0.25) is 0 Å². The Morgan fingerprint density at radius 2 is 1.48 bits per heavy atom. The molecule has 1 heteroatoms. The SMILES string of the molecule is COc1cccc2c1ccc1ccc3ccc(C)cc3c12. The van der Waals surface area contributed by atoms with Gasteiger partial charge in [-0.25, -0.2) is 0 Å². The molecule has 4 aromatic rings. The van der Waals surface area contributed by atoms with Crippen LogP contribution >= 0.6 is 0 Å². The summed E-state index contributed by atoms with van der Waals surface area (Å²) in [5.41, 5.74) is 1.29. The number of ether oxygens (including phenoxy) is 1. The van der Waals surface area contributed by atoms with Crippen molar-refractivity contribution in [3.8, 4) is 5.75 Å². The van der Waals surface area contributed by atoms with Gasteiger partial charge >= 0.3 is 0 Å². The van der Waals surface area contributed by atoms with E-state index < -0.39 is 0 Å². The van der Waals surface area contributed by atoms with Crippen molar-refractivity contribution < 1.29 is 4.74 Å². The summed E-state index contributed by atoms with van der Waals surface area (Å²) in [5, 5.41) is 7.60. The number of rotatable bonds is 1. The highest BCUT2D eigenvalue weighted by molar-refractivity contribution is 6.21. The Kier molecular flexibility index (Phi) is 2.61. The van der Waals surface area contributed by atoms with Crippen LogP contribution in [0.3, 0.4) is 0 Å². The molecule has 0 aromatic heterocycles. The second kappa shape index (κ2) is 4.49. The molecule has 0 saturated carbocycles. The number of benzene rings is 4. The summed E-state index contributed by atoms with van der Waals surface area (Å²) in [4.78, 5) is 0. The standard InChI is InChI=1S/C20H16O/c1-13-6-7-14-8-9-15-10-11-16-17(20(15)18(14)12-13)4-3-5-19(16)21-2/h3-12H,1-2H3. The highest BCUT2D eigenvalue weighted by Crippen LogP contribution is 2.35. The van der Waals surface area contributed by atoms with E-state index in [1.807, 2.05) is 6.07 Å². The molecule has 0 radical (unpaired) electrons. The van der Waals surface area contributed by atoms with E-state index in [2.05, 4.69) is 61.5 Å². The van der Waals surface area contributed by atoms with Crippen molar-refractivity contribution in [3.05, 3.63) is 66.2 Å². The van der Waals surface area contributed by atoms with E-state index in [1.165, 1.54) is 37.9 Å². The second-order valence-corrected chi connectivity index (χ2v) is 5.51. The molecule has 0 spiro atoms. The number of aryl methyl sites for hydroxylation is 1. The first-order valence-corrected chi connectivity index (χ1v) is 7.17. The van der Waals surface area contributed by atoms with Gasteiger partial charge in [0.15, 0.2) is 0 Å². The summed E-state index contributed by atoms with van der Waals surface area (Å²) in [6.07, 6.45) is 0. The summed E-state index contributed by atoms with van der Waals surface area (Å²) in [6.45, 7) is 2.14. The zero-order chi connectivity index (χ0) is 14.4. The first-order chi connectivity index (χ1) is 10.3. The van der Waals surface area contributed by atoms with Crippen LogP contribution in [-0.2, 0) is 0 Å². The predicted octanol–water partition coefficient (Wildman–Crippen LogP) is 5.46. The van der Waals surface area contributed by atoms with Gasteiger partial charge in [-0.1, -0.05) is 60.2 Å². The fourth-order valence-corrected chi connectivity index (χ4v) is 3.17. The van der Waals surface area contributed by atoms with E-state index in [4.69, 9.17) is 4.74 Å². The monoisotopic (exact) mass is 272 g/mol. The molecule has 4 rings (SSSR count). The molecule has 0 unspecified atom stereocenters. The summed E-state index contributed by atoms with van der Waals surface area (Å²) in [5.74, 6) is 0.930. The largest absolute Gasteiger partial charge is 0.496 e. The molecule has 0 saturated heterocycles. The zero-order valence-electron chi connectivity index (χ0n) is 12.2. The molecule has 0 aliphatic heterocycles. The van der Waals surface area contributed by atoms with Crippen LogP contribution < -0.4 is 4.74 Å². The lowest BCUT2D eigenvalue weighted by Gasteiger charge is -2.11. The van der Waals surface area contributed by atoms with E-state index in [-0.39, 0.29) is 0 Å². The third kappa shape index (κ3) is 1.78. The minimum Gasteiger partial charge on any atom is -0.496 e. The van der Waals surface area contributed by atoms with Crippen LogP contribution in [-0.4, -0.2) is 7.11 Å². The molecule has 0 fully saturated rings. The molecule has 0 aliphatic rings. The summed E-state index contributed by atoms with van der Waals surface area (Å²) >= 11 is 0. The van der Waals surface area contributed by atoms with Crippen LogP contribution in [0.5, 0.6) is 5.75 Å². The lowest BCUT2D eigenvalue weighted by Crippen LogP contribution is -1.86. The Morgan fingerprint density at radius 1 is 0.714 bits per heavy atom. The Balaban J connectivity index is 2.30. The number of hydrogen-bond donors (Lipinski definition) is 0. The Morgan fingerprint density at radius 3 is 2.33 bits per heavy atom. The first-order valence-electron chi connectivity index (χ1n) is 7.17. The average molecular weight is 272 g/mol. The second-order valence-electron chi connectivity index (χ2n) is 5.51. The van der Waals surface area contributed by atoms with Gasteiger partial charge in [0, 0.05) is 5.39 Å². The van der Waals surface area contributed by atoms with Gasteiger partial charge in [-0.2, -0.15) is 0 Å². The topological polar surface area (TPSA) is 9.23 Å². The van der Waals surface area contributed by atoms with E-state index in [0.717, 1.165) is 5.75 Å². The van der Waals surface area contributed by atoms with Gasteiger partial charge in [-0.3, -0.25) is 0 Å². The molecule has 0 atom stereocenters. The Labute approximate surface area is 123 Å². The predicted molar refractivity (Wildman–Crippen MR) is 90.2 cm³/mol. The molecule has 0 amide bonds. The molecule has 0 heterocycles. The average Bonchev–Trinajstić information content (AvgIpc) is 2.53. The molecule has 21 heavy (non-hydrogen) atoms. The molecule has 0 aliphatic carbocycles. The summed E-state index contributed by atoms with van der Waals surface area (Å²) in [6, 6.07) is 21.6. The molecule has 102 valence electrons. The maximum absolute atomic E-state index is 5.51. The van der Waals surface area contributed by atoms with Gasteiger partial charge < -0.3 is 4.74 Å². The number of hydrogen-bond acceptors (Lipinski definition) is 1. The quantitative estimate of drug-likeness (QED) is 0.418. The van der Waals surface area contributed by atoms with Crippen molar-refractivity contribution in [2.45, 2.75) is 6.92 Å². The molecule has 0 bridgehead atoms. The fourth-order valence-electron chi connectivity index (χ4n) is 3.17. The van der Waals surface area contributed by atoms with E-state index in [0.29, 0.717) is 0 Å². The van der Waals surface area contributed by atoms with Crippen molar-refractivity contribution in [1.82, 2.24) is 0 Å². The fraction of sp³-hybridized carbons (Fsp3) is 0.100. The van der Waals surface area contributed by atoms with Crippen LogP contribution in [0.15, 0.2) is 60.7 Å². The zero-order valence-corrected chi connectivity index (χ0v) is 12.2. The molecule has 1 nitrogen and oxygen atoms in total. The van der Waals surface area contributed by atoms with Gasteiger partial charge in [0.05, 0.1) is 7.11 Å². The molecule has 0 N–H and O–H groups in total. The summed E-state index contributed by atoms with van der Waals surface area (Å²) < 4.78 is 5.51. The Hall–Kier alpha value is -2.54. The molecular weight excluding hydrogens is 256 g/mol. The maximum Gasteiger partial charge on any atom is 0.126 e. The van der Waals surface area contributed by atoms with Gasteiger partial charge in [-0.15, -0.1) is 0 Å². The first kappa shape index (κ1) is 12.2. The van der Waals surface area contributed by atoms with Gasteiger partial charge in [-0.05, 0) is 39.9 Å². The van der Waals surface area contributed by atoms with E-state index in [9.17, 15) is 0 Å². The maximum atomic E-state index is 5.51. The minimum absolute atomic E-state index is 0.930. The van der Waals surface area contributed by atoms with Crippen LogP contribution in [0.1, 0.15) is 5.56 Å². The third-order valence-electron chi connectivity index (χ3n) is 4.19. The lowest BCUT2D eigenvalue weighted by molar-refractivity contribution is 0.420. The van der Waals surface area contributed by atoms with Crippen LogP contribution in [0, 0.1) is 6.92 Å². The highest BCUT2D eigenvalue weighted by Gasteiger charge is 2.08. The summed E-state index contributed by atoms with van der Waals surface area (Å²) in [7, 11) is 1.73. The van der Waals surface area contributed by atoms with E-state index >= 15 is 0 Å². The van der Waals surface area contributed by atoms with E-state index in [1.54, 1.807) is 7.11 Å². The van der Waals surface area contributed by atoms with Crippen molar-refractivity contribution >= 4 is 32.3 Å². The van der Waals surface area contributed by atoms with Gasteiger partial charge in [0.1, 0.15) is 5.75 Å². The third-order valence-corrected chi connectivity index (χ3v) is 4.19. The Bertz CT molecular complexity index is 983. The van der Waals surface area contributed by atoms with Crippen LogP contribution in [0.2, 0.25) is 0 Å². The van der Waals surface area contributed by atoms with Gasteiger partial charge in [0.25, 0.3) is 0 Å². The normalized spacial score (nSPS) is 11.3. The van der Waals surface area contributed by atoms with Crippen molar-refractivity contribution in [1.29, 1.82) is 0 Å². The van der Waals surface area contributed by atoms with Crippen molar-refractivity contribution in [2.24, 2.45) is 0 Å². The minimum atomic E-state index is 0.930. The van der Waals surface area contributed by atoms with Crippen molar-refractivity contribution in [2.75, 3.05) is 7.11 Å². The lowest BCUT2D eigenvalue weighted by atomic mass is 9.95. The van der Waals surface area contributed by atoms with Crippen molar-refractivity contribution in [3.63, 3.8) is 0 Å². The molecule has 4 aromatic carbocycles.